The van der Waals surface area contributed by atoms with Gasteiger partial charge in [-0.25, -0.2) is 4.79 Å². The van der Waals surface area contributed by atoms with Crippen molar-refractivity contribution < 1.29 is 19.4 Å². The van der Waals surface area contributed by atoms with E-state index >= 15 is 0 Å². The Bertz CT molecular complexity index is 624. The first kappa shape index (κ1) is 17.7. The third-order valence-electron chi connectivity index (χ3n) is 5.57. The molecule has 0 bridgehead atoms. The Balaban J connectivity index is 1.64. The van der Waals surface area contributed by atoms with Gasteiger partial charge in [-0.05, 0) is 36.8 Å². The lowest BCUT2D eigenvalue weighted by molar-refractivity contribution is -0.137. The number of nitrogens with one attached hydrogen (secondary N) is 1. The van der Waals surface area contributed by atoms with Crippen molar-refractivity contribution in [1.29, 1.82) is 0 Å². The lowest BCUT2D eigenvalue weighted by Gasteiger charge is -2.42. The molecule has 0 aromatic heterocycles. The number of rotatable bonds is 5. The second kappa shape index (κ2) is 7.04. The van der Waals surface area contributed by atoms with Crippen molar-refractivity contribution in [2.24, 2.45) is 11.8 Å². The van der Waals surface area contributed by atoms with E-state index in [1.54, 1.807) is 12.1 Å². The molecule has 6 nitrogen and oxygen atoms in total. The highest BCUT2D eigenvalue weighted by atomic mass is 16.5. The standard InChI is InChI=1S/C19H26N2O4/c1-13-7-6-8-14(2)19(13)17(23)21(18(24)20-19)11-15(22)12-25-16-9-4-3-5-10-16/h3-5,9-10,13-15,22H,6-8,11-12H2,1-2H3,(H,20,24). The van der Waals surface area contributed by atoms with E-state index in [0.717, 1.165) is 24.2 Å². The van der Waals surface area contributed by atoms with E-state index in [4.69, 9.17) is 4.74 Å². The zero-order valence-corrected chi connectivity index (χ0v) is 14.8. The summed E-state index contributed by atoms with van der Waals surface area (Å²) in [5, 5.41) is 13.2. The maximum absolute atomic E-state index is 13.0. The zero-order chi connectivity index (χ0) is 18.0. The molecule has 3 atom stereocenters. The molecule has 2 aliphatic rings. The molecule has 2 N–H and O–H groups in total. The molecular formula is C19H26N2O4. The van der Waals surface area contributed by atoms with Crippen LogP contribution in [0, 0.1) is 11.8 Å². The highest BCUT2D eigenvalue weighted by Gasteiger charge is 2.58. The summed E-state index contributed by atoms with van der Waals surface area (Å²) in [5.74, 6) is 0.617. The SMILES string of the molecule is CC1CCCC(C)C12NC(=O)N(CC(O)COc1ccccc1)C2=O. The fraction of sp³-hybridized carbons (Fsp3) is 0.579. The molecule has 1 aromatic rings. The van der Waals surface area contributed by atoms with Gasteiger partial charge in [0.05, 0.1) is 6.54 Å². The van der Waals surface area contributed by atoms with E-state index in [0.29, 0.717) is 5.75 Å². The first-order valence-electron chi connectivity index (χ1n) is 8.95. The van der Waals surface area contributed by atoms with Gasteiger partial charge in [-0.3, -0.25) is 9.69 Å². The summed E-state index contributed by atoms with van der Waals surface area (Å²) in [6.07, 6.45) is 1.98. The summed E-state index contributed by atoms with van der Waals surface area (Å²) in [5.41, 5.74) is -0.824. The van der Waals surface area contributed by atoms with Crippen LogP contribution in [0.3, 0.4) is 0 Å². The molecule has 6 heteroatoms. The normalized spacial score (nSPS) is 30.4. The topological polar surface area (TPSA) is 78.9 Å². The third kappa shape index (κ3) is 3.23. The van der Waals surface area contributed by atoms with Crippen LogP contribution in [0.1, 0.15) is 33.1 Å². The van der Waals surface area contributed by atoms with Crippen molar-refractivity contribution in [3.05, 3.63) is 30.3 Å². The van der Waals surface area contributed by atoms with E-state index in [1.807, 2.05) is 32.0 Å². The number of aliphatic hydroxyl groups is 1. The van der Waals surface area contributed by atoms with Crippen LogP contribution in [0.25, 0.3) is 0 Å². The maximum Gasteiger partial charge on any atom is 0.325 e. The van der Waals surface area contributed by atoms with E-state index in [9.17, 15) is 14.7 Å². The van der Waals surface area contributed by atoms with Crippen LogP contribution < -0.4 is 10.1 Å². The average Bonchev–Trinajstić information content (AvgIpc) is 2.85. The number of hydrogen-bond donors (Lipinski definition) is 2. The number of β-amino-alcohol motifs (C(OH)–C–C–N with tert-alkyl or cyclic N) is 1. The zero-order valence-electron chi connectivity index (χ0n) is 14.8. The highest BCUT2D eigenvalue weighted by molar-refractivity contribution is 6.07. The first-order valence-corrected chi connectivity index (χ1v) is 8.95. The number of benzene rings is 1. The van der Waals surface area contributed by atoms with Crippen LogP contribution >= 0.6 is 0 Å². The number of imide groups is 1. The quantitative estimate of drug-likeness (QED) is 0.801. The van der Waals surface area contributed by atoms with Crippen molar-refractivity contribution in [2.45, 2.75) is 44.8 Å². The lowest BCUT2D eigenvalue weighted by atomic mass is 9.67. The monoisotopic (exact) mass is 346 g/mol. The van der Waals surface area contributed by atoms with Gasteiger partial charge in [0, 0.05) is 0 Å². The minimum Gasteiger partial charge on any atom is -0.491 e. The molecule has 3 amide bonds. The minimum absolute atomic E-state index is 0.0270. The number of carbonyl (C=O) groups excluding carboxylic acids is 2. The van der Waals surface area contributed by atoms with Crippen molar-refractivity contribution in [3.8, 4) is 5.75 Å². The number of urea groups is 1. The molecule has 1 spiro atoms. The van der Waals surface area contributed by atoms with Gasteiger partial charge in [-0.15, -0.1) is 0 Å². The largest absolute Gasteiger partial charge is 0.491 e. The van der Waals surface area contributed by atoms with Gasteiger partial charge in [-0.2, -0.15) is 0 Å². The molecule has 136 valence electrons. The molecule has 1 aliphatic carbocycles. The highest BCUT2D eigenvalue weighted by Crippen LogP contribution is 2.42. The van der Waals surface area contributed by atoms with Crippen LogP contribution in [-0.2, 0) is 4.79 Å². The number of aliphatic hydroxyl groups excluding tert-OH is 1. The Hall–Kier alpha value is -2.08. The molecule has 1 saturated carbocycles. The molecule has 1 aliphatic heterocycles. The maximum atomic E-state index is 13.0. The smallest absolute Gasteiger partial charge is 0.325 e. The van der Waals surface area contributed by atoms with Gasteiger partial charge in [-0.1, -0.05) is 38.5 Å². The fourth-order valence-corrected chi connectivity index (χ4v) is 4.09. The molecular weight excluding hydrogens is 320 g/mol. The molecule has 25 heavy (non-hydrogen) atoms. The van der Waals surface area contributed by atoms with Crippen molar-refractivity contribution in [3.63, 3.8) is 0 Å². The Morgan fingerprint density at radius 3 is 2.52 bits per heavy atom. The predicted molar refractivity (Wildman–Crippen MR) is 93.1 cm³/mol. The second-order valence-electron chi connectivity index (χ2n) is 7.23. The van der Waals surface area contributed by atoms with Gasteiger partial charge in [0.2, 0.25) is 0 Å². The number of para-hydroxylation sites is 1. The summed E-state index contributed by atoms with van der Waals surface area (Å²) in [4.78, 5) is 26.6. The molecule has 3 unspecified atom stereocenters. The molecule has 1 heterocycles. The molecule has 1 saturated heterocycles. The van der Waals surface area contributed by atoms with Crippen molar-refractivity contribution >= 4 is 11.9 Å². The van der Waals surface area contributed by atoms with Gasteiger partial charge >= 0.3 is 6.03 Å². The van der Waals surface area contributed by atoms with Gasteiger partial charge in [0.1, 0.15) is 24.0 Å². The molecule has 0 radical (unpaired) electrons. The number of ether oxygens (including phenoxy) is 1. The van der Waals surface area contributed by atoms with Crippen LogP contribution in [0.15, 0.2) is 30.3 Å². The summed E-state index contributed by atoms with van der Waals surface area (Å²) >= 11 is 0. The van der Waals surface area contributed by atoms with Crippen LogP contribution in [0.5, 0.6) is 5.75 Å². The first-order chi connectivity index (χ1) is 11.9. The van der Waals surface area contributed by atoms with Crippen LogP contribution in [0.2, 0.25) is 0 Å². The number of carbonyl (C=O) groups is 2. The van der Waals surface area contributed by atoms with Crippen LogP contribution in [0.4, 0.5) is 4.79 Å². The van der Waals surface area contributed by atoms with Crippen LogP contribution in [-0.4, -0.2) is 46.7 Å². The third-order valence-corrected chi connectivity index (χ3v) is 5.57. The Morgan fingerprint density at radius 2 is 1.88 bits per heavy atom. The number of nitrogens with zero attached hydrogens (tertiary/aromatic N) is 1. The predicted octanol–water partition coefficient (Wildman–Crippen LogP) is 2.17. The second-order valence-corrected chi connectivity index (χ2v) is 7.23. The number of amides is 3. The van der Waals surface area contributed by atoms with E-state index < -0.39 is 17.7 Å². The minimum atomic E-state index is -0.931. The van der Waals surface area contributed by atoms with E-state index in [-0.39, 0.29) is 30.9 Å². The summed E-state index contributed by atoms with van der Waals surface area (Å²) in [6.45, 7) is 4.01. The van der Waals surface area contributed by atoms with E-state index in [2.05, 4.69) is 5.32 Å². The van der Waals surface area contributed by atoms with Crippen molar-refractivity contribution in [2.75, 3.05) is 13.2 Å². The number of hydrogen-bond acceptors (Lipinski definition) is 4. The lowest BCUT2D eigenvalue weighted by Crippen LogP contribution is -2.59. The van der Waals surface area contributed by atoms with Crippen molar-refractivity contribution in [1.82, 2.24) is 10.2 Å². The summed E-state index contributed by atoms with van der Waals surface area (Å²) < 4.78 is 5.51. The Kier molecular flexibility index (Phi) is 4.99. The Morgan fingerprint density at radius 1 is 1.24 bits per heavy atom. The molecule has 3 rings (SSSR count). The van der Waals surface area contributed by atoms with Gasteiger partial charge in [0.25, 0.3) is 5.91 Å². The van der Waals surface area contributed by atoms with E-state index in [1.165, 1.54) is 0 Å². The average molecular weight is 346 g/mol. The summed E-state index contributed by atoms with van der Waals surface area (Å²) in [6, 6.07) is 8.73. The van der Waals surface area contributed by atoms with Gasteiger partial charge in [0.15, 0.2) is 0 Å². The van der Waals surface area contributed by atoms with Gasteiger partial charge < -0.3 is 15.2 Å². The Labute approximate surface area is 148 Å². The summed E-state index contributed by atoms with van der Waals surface area (Å²) in [7, 11) is 0. The molecule has 1 aromatic carbocycles. The fourth-order valence-electron chi connectivity index (χ4n) is 4.09. The molecule has 2 fully saturated rings.